The molecule has 3 fully saturated rings. The number of carbonyl (C=O) groups excluding carboxylic acids is 1. The van der Waals surface area contributed by atoms with Gasteiger partial charge in [0.05, 0.1) is 0 Å². The van der Waals surface area contributed by atoms with Crippen molar-refractivity contribution < 1.29 is 19.4 Å². The number of carboxylic acid groups (broad SMARTS) is 1. The molecule has 166 valence electrons. The minimum Gasteiger partial charge on any atom is -0.481 e. The third-order valence-electron chi connectivity index (χ3n) is 9.02. The zero-order chi connectivity index (χ0) is 21.0. The van der Waals surface area contributed by atoms with Crippen molar-refractivity contribution in [2.24, 2.45) is 35.0 Å². The molecule has 0 spiro atoms. The Morgan fingerprint density at radius 2 is 1.93 bits per heavy atom. The number of carboxylic acids is 1. The second-order valence-corrected chi connectivity index (χ2v) is 10.5. The normalized spacial score (nSPS) is 37.8. The predicted octanol–water partition coefficient (Wildman–Crippen LogP) is 6.22. The molecule has 4 nitrogen and oxygen atoms in total. The molecule has 4 heteroatoms. The molecule has 3 aliphatic carbocycles. The number of ether oxygens (including phenoxy) is 1. The molecule has 0 heterocycles. The molecule has 0 radical (unpaired) electrons. The van der Waals surface area contributed by atoms with Crippen molar-refractivity contribution in [2.75, 3.05) is 0 Å². The van der Waals surface area contributed by atoms with E-state index in [0.29, 0.717) is 23.7 Å². The highest BCUT2D eigenvalue weighted by molar-refractivity contribution is 5.66. The number of carbonyl (C=O) groups is 2. The lowest BCUT2D eigenvalue weighted by Gasteiger charge is -2.58. The van der Waals surface area contributed by atoms with Gasteiger partial charge in [0.2, 0.25) is 0 Å². The van der Waals surface area contributed by atoms with E-state index in [1.807, 2.05) is 0 Å². The molecule has 0 aromatic heterocycles. The van der Waals surface area contributed by atoms with Gasteiger partial charge in [0.1, 0.15) is 6.10 Å². The summed E-state index contributed by atoms with van der Waals surface area (Å²) in [5.74, 6) is 3.01. The fourth-order valence-electron chi connectivity index (χ4n) is 7.35. The number of fused-ring (bicyclic) bond motifs is 3. The molecule has 3 saturated carbocycles. The first-order chi connectivity index (χ1) is 13.8. The minimum atomic E-state index is -0.656. The van der Waals surface area contributed by atoms with Gasteiger partial charge in [-0.3, -0.25) is 9.59 Å². The molecule has 29 heavy (non-hydrogen) atoms. The summed E-state index contributed by atoms with van der Waals surface area (Å²) in [5.41, 5.74) is 0.422. The quantitative estimate of drug-likeness (QED) is 0.486. The lowest BCUT2D eigenvalue weighted by molar-refractivity contribution is -0.156. The zero-order valence-electron chi connectivity index (χ0n) is 18.8. The van der Waals surface area contributed by atoms with Gasteiger partial charge in [0, 0.05) is 13.3 Å². The van der Waals surface area contributed by atoms with Crippen LogP contribution in [0, 0.1) is 35.0 Å². The van der Waals surface area contributed by atoms with E-state index >= 15 is 0 Å². The van der Waals surface area contributed by atoms with Crippen LogP contribution < -0.4 is 0 Å². The molecule has 5 unspecified atom stereocenters. The highest BCUT2D eigenvalue weighted by atomic mass is 16.5. The second-order valence-electron chi connectivity index (χ2n) is 10.5. The van der Waals surface area contributed by atoms with Crippen LogP contribution in [0.25, 0.3) is 0 Å². The summed E-state index contributed by atoms with van der Waals surface area (Å²) in [6, 6.07) is 0. The molecule has 3 aliphatic rings. The van der Waals surface area contributed by atoms with E-state index in [0.717, 1.165) is 43.4 Å². The van der Waals surface area contributed by atoms with E-state index in [1.54, 1.807) is 0 Å². The average molecular weight is 407 g/mol. The Labute approximate surface area is 177 Å². The van der Waals surface area contributed by atoms with Crippen molar-refractivity contribution in [1.29, 1.82) is 0 Å². The molecule has 1 N–H and O–H groups in total. The summed E-state index contributed by atoms with van der Waals surface area (Å²) >= 11 is 0. The Kier molecular flexibility index (Phi) is 7.67. The lowest BCUT2D eigenvalue weighted by atomic mass is 9.47. The first-order valence-corrected chi connectivity index (χ1v) is 12.2. The van der Waals surface area contributed by atoms with E-state index in [4.69, 9.17) is 9.84 Å². The van der Waals surface area contributed by atoms with Crippen LogP contribution in [0.3, 0.4) is 0 Å². The monoisotopic (exact) mass is 406 g/mol. The standard InChI is InChI=1S/C25H42O4/c1-4-18(9-13-24(27)28)8-10-19-6-5-7-23-22(19)12-11-20-16-21(29-17(2)26)14-15-25(20,23)3/h18-23H,4-16H2,1-3H3,(H,27,28)/t18?,19?,20?,21-,22?,23?,25+/m1/s1. The highest BCUT2D eigenvalue weighted by Crippen LogP contribution is 2.60. The maximum absolute atomic E-state index is 11.4. The summed E-state index contributed by atoms with van der Waals surface area (Å²) in [6.07, 6.45) is 14.9. The van der Waals surface area contributed by atoms with Crippen LogP contribution in [0.2, 0.25) is 0 Å². The summed E-state index contributed by atoms with van der Waals surface area (Å²) in [5, 5.41) is 9.01. The third kappa shape index (κ3) is 5.35. The largest absolute Gasteiger partial charge is 0.481 e. The van der Waals surface area contributed by atoms with Gasteiger partial charge >= 0.3 is 11.9 Å². The van der Waals surface area contributed by atoms with Crippen molar-refractivity contribution in [3.63, 3.8) is 0 Å². The lowest BCUT2D eigenvalue weighted by Crippen LogP contribution is -2.51. The number of aliphatic carboxylic acids is 1. The number of hydrogen-bond donors (Lipinski definition) is 1. The Morgan fingerprint density at radius 1 is 1.14 bits per heavy atom. The Morgan fingerprint density at radius 3 is 2.62 bits per heavy atom. The van der Waals surface area contributed by atoms with Crippen LogP contribution >= 0.6 is 0 Å². The maximum atomic E-state index is 11.4. The van der Waals surface area contributed by atoms with Crippen molar-refractivity contribution in [2.45, 2.75) is 110 Å². The van der Waals surface area contributed by atoms with E-state index < -0.39 is 5.97 Å². The van der Waals surface area contributed by atoms with Crippen LogP contribution in [-0.2, 0) is 14.3 Å². The summed E-state index contributed by atoms with van der Waals surface area (Å²) in [4.78, 5) is 22.3. The highest BCUT2D eigenvalue weighted by Gasteiger charge is 2.53. The van der Waals surface area contributed by atoms with Gasteiger partial charge in [-0.25, -0.2) is 0 Å². The van der Waals surface area contributed by atoms with Crippen molar-refractivity contribution in [1.82, 2.24) is 0 Å². The molecule has 0 aromatic carbocycles. The van der Waals surface area contributed by atoms with E-state index in [-0.39, 0.29) is 12.1 Å². The topological polar surface area (TPSA) is 63.6 Å². The smallest absolute Gasteiger partial charge is 0.303 e. The van der Waals surface area contributed by atoms with Gasteiger partial charge in [0.15, 0.2) is 0 Å². The molecular weight excluding hydrogens is 364 g/mol. The summed E-state index contributed by atoms with van der Waals surface area (Å²) in [7, 11) is 0. The van der Waals surface area contributed by atoms with Crippen LogP contribution in [0.4, 0.5) is 0 Å². The van der Waals surface area contributed by atoms with Crippen molar-refractivity contribution in [3.8, 4) is 0 Å². The van der Waals surface area contributed by atoms with Crippen molar-refractivity contribution >= 4 is 11.9 Å². The molecule has 0 amide bonds. The zero-order valence-corrected chi connectivity index (χ0v) is 18.8. The number of hydrogen-bond acceptors (Lipinski definition) is 3. The van der Waals surface area contributed by atoms with E-state index in [2.05, 4.69) is 13.8 Å². The van der Waals surface area contributed by atoms with Crippen LogP contribution in [0.15, 0.2) is 0 Å². The minimum absolute atomic E-state index is 0.126. The molecule has 7 atom stereocenters. The van der Waals surface area contributed by atoms with Crippen LogP contribution in [-0.4, -0.2) is 23.1 Å². The second kappa shape index (κ2) is 9.83. The molecule has 0 aliphatic heterocycles. The summed E-state index contributed by atoms with van der Waals surface area (Å²) < 4.78 is 5.58. The fraction of sp³-hybridized carbons (Fsp3) is 0.920. The molecule has 3 rings (SSSR count). The first-order valence-electron chi connectivity index (χ1n) is 12.2. The molecule has 0 saturated heterocycles. The van der Waals surface area contributed by atoms with E-state index in [1.165, 1.54) is 58.3 Å². The predicted molar refractivity (Wildman–Crippen MR) is 114 cm³/mol. The van der Waals surface area contributed by atoms with Gasteiger partial charge in [-0.1, -0.05) is 39.5 Å². The van der Waals surface area contributed by atoms with Crippen LogP contribution in [0.5, 0.6) is 0 Å². The Balaban J connectivity index is 1.59. The molecule has 0 bridgehead atoms. The first kappa shape index (κ1) is 22.6. The molecular formula is C25H42O4. The third-order valence-corrected chi connectivity index (χ3v) is 9.02. The SMILES string of the molecule is CCC(CCC(=O)O)CCC1CCCC2C1CCC1C[C@H](OC(C)=O)CC[C@@]12C. The summed E-state index contributed by atoms with van der Waals surface area (Å²) in [6.45, 7) is 6.29. The number of rotatable bonds is 8. The maximum Gasteiger partial charge on any atom is 0.303 e. The van der Waals surface area contributed by atoms with Gasteiger partial charge in [0.25, 0.3) is 0 Å². The number of esters is 1. The van der Waals surface area contributed by atoms with Crippen LogP contribution in [0.1, 0.15) is 104 Å². The Hall–Kier alpha value is -1.06. The van der Waals surface area contributed by atoms with Crippen molar-refractivity contribution in [3.05, 3.63) is 0 Å². The van der Waals surface area contributed by atoms with Gasteiger partial charge < -0.3 is 9.84 Å². The Bertz CT molecular complexity index is 573. The fourth-order valence-corrected chi connectivity index (χ4v) is 7.35. The van der Waals surface area contributed by atoms with Gasteiger partial charge in [-0.2, -0.15) is 0 Å². The molecule has 0 aromatic rings. The van der Waals surface area contributed by atoms with Gasteiger partial charge in [-0.05, 0) is 86.4 Å². The average Bonchev–Trinajstić information content (AvgIpc) is 2.68. The van der Waals surface area contributed by atoms with E-state index in [9.17, 15) is 9.59 Å². The van der Waals surface area contributed by atoms with Gasteiger partial charge in [-0.15, -0.1) is 0 Å².